The van der Waals surface area contributed by atoms with Gasteiger partial charge in [-0.05, 0) is 32.0 Å². The summed E-state index contributed by atoms with van der Waals surface area (Å²) in [4.78, 5) is 15.1. The van der Waals surface area contributed by atoms with E-state index in [0.717, 1.165) is 6.07 Å². The van der Waals surface area contributed by atoms with Crippen LogP contribution in [0.3, 0.4) is 0 Å². The average Bonchev–Trinajstić information content (AvgIpc) is 2.66. The average molecular weight is 296 g/mol. The quantitative estimate of drug-likeness (QED) is 0.834. The molecule has 106 valence electrons. The second-order valence-electron chi connectivity index (χ2n) is 4.15. The first-order valence-electron chi connectivity index (χ1n) is 5.51. The zero-order valence-corrected chi connectivity index (χ0v) is 11.5. The van der Waals surface area contributed by atoms with Gasteiger partial charge in [0, 0.05) is 0 Å². The summed E-state index contributed by atoms with van der Waals surface area (Å²) in [7, 11) is -3.97. The van der Waals surface area contributed by atoms with E-state index in [1.165, 1.54) is 16.8 Å². The SMILES string of the molecule is Cc1nc(C)n(-c2ccc(S(N)(=O)=O)cc2C(=O)O)n1. The number of primary sulfonamides is 1. The minimum absolute atomic E-state index is 0.218. The van der Waals surface area contributed by atoms with Gasteiger partial charge in [0.05, 0.1) is 16.1 Å². The second-order valence-corrected chi connectivity index (χ2v) is 5.71. The molecule has 2 aromatic rings. The van der Waals surface area contributed by atoms with Crippen molar-refractivity contribution in [3.05, 3.63) is 35.4 Å². The smallest absolute Gasteiger partial charge is 0.337 e. The number of carbonyl (C=O) groups is 1. The molecule has 0 atom stereocenters. The normalized spacial score (nSPS) is 11.6. The Kier molecular flexibility index (Phi) is 3.32. The number of aromatic nitrogens is 3. The van der Waals surface area contributed by atoms with E-state index in [1.54, 1.807) is 13.8 Å². The number of sulfonamides is 1. The van der Waals surface area contributed by atoms with Crippen molar-refractivity contribution in [2.75, 3.05) is 0 Å². The summed E-state index contributed by atoms with van der Waals surface area (Å²) >= 11 is 0. The molecule has 0 spiro atoms. The topological polar surface area (TPSA) is 128 Å². The lowest BCUT2D eigenvalue weighted by molar-refractivity contribution is 0.0696. The van der Waals surface area contributed by atoms with Gasteiger partial charge < -0.3 is 5.11 Å². The fraction of sp³-hybridized carbons (Fsp3) is 0.182. The number of nitrogens with zero attached hydrogens (tertiary/aromatic N) is 3. The van der Waals surface area contributed by atoms with Crippen LogP contribution in [-0.4, -0.2) is 34.3 Å². The van der Waals surface area contributed by atoms with Gasteiger partial charge in [-0.2, -0.15) is 5.10 Å². The van der Waals surface area contributed by atoms with Crippen molar-refractivity contribution in [1.29, 1.82) is 0 Å². The van der Waals surface area contributed by atoms with Gasteiger partial charge in [0.15, 0.2) is 0 Å². The summed E-state index contributed by atoms with van der Waals surface area (Å²) in [5, 5.41) is 18.3. The van der Waals surface area contributed by atoms with Crippen LogP contribution in [0.1, 0.15) is 22.0 Å². The molecule has 2 rings (SSSR count). The summed E-state index contributed by atoms with van der Waals surface area (Å²) in [6.07, 6.45) is 0. The van der Waals surface area contributed by atoms with Gasteiger partial charge in [0.1, 0.15) is 11.6 Å². The second kappa shape index (κ2) is 4.69. The molecule has 1 aromatic carbocycles. The number of nitrogens with two attached hydrogens (primary N) is 1. The fourth-order valence-corrected chi connectivity index (χ4v) is 2.34. The molecule has 9 heteroatoms. The van der Waals surface area contributed by atoms with Crippen LogP contribution in [0.2, 0.25) is 0 Å². The van der Waals surface area contributed by atoms with Crippen molar-refractivity contribution < 1.29 is 18.3 Å². The molecule has 8 nitrogen and oxygen atoms in total. The molecule has 0 amide bonds. The maximum atomic E-state index is 11.3. The minimum atomic E-state index is -3.97. The standard InChI is InChI=1S/C11H12N4O4S/c1-6-13-7(2)15(14-6)10-4-3-8(20(12,18)19)5-9(10)11(16)17/h3-5H,1-2H3,(H,16,17)(H2,12,18,19). The van der Waals surface area contributed by atoms with Gasteiger partial charge in [-0.25, -0.2) is 28.0 Å². The highest BCUT2D eigenvalue weighted by Gasteiger charge is 2.19. The number of hydrogen-bond acceptors (Lipinski definition) is 5. The molecule has 0 aliphatic carbocycles. The summed E-state index contributed by atoms with van der Waals surface area (Å²) in [5.74, 6) is -0.305. The van der Waals surface area contributed by atoms with E-state index >= 15 is 0 Å². The molecule has 0 aliphatic rings. The molecule has 0 saturated carbocycles. The number of aromatic carboxylic acids is 1. The number of carboxylic acid groups (broad SMARTS) is 1. The van der Waals surface area contributed by atoms with Crippen molar-refractivity contribution in [2.45, 2.75) is 18.7 Å². The molecule has 3 N–H and O–H groups in total. The van der Waals surface area contributed by atoms with Crippen LogP contribution in [0.5, 0.6) is 0 Å². The highest BCUT2D eigenvalue weighted by molar-refractivity contribution is 7.89. The Morgan fingerprint density at radius 2 is 2.00 bits per heavy atom. The molecule has 0 fully saturated rings. The monoisotopic (exact) mass is 296 g/mol. The number of carboxylic acids is 1. The molecule has 0 unspecified atom stereocenters. The van der Waals surface area contributed by atoms with Gasteiger partial charge >= 0.3 is 5.97 Å². The highest BCUT2D eigenvalue weighted by atomic mass is 32.2. The van der Waals surface area contributed by atoms with E-state index in [2.05, 4.69) is 10.1 Å². The van der Waals surface area contributed by atoms with Crippen LogP contribution in [0.25, 0.3) is 5.69 Å². The first kappa shape index (κ1) is 14.2. The minimum Gasteiger partial charge on any atom is -0.478 e. The Bertz CT molecular complexity index is 795. The van der Waals surface area contributed by atoms with Crippen LogP contribution < -0.4 is 5.14 Å². The summed E-state index contributed by atoms with van der Waals surface area (Å²) in [6.45, 7) is 3.34. The number of rotatable bonds is 3. The summed E-state index contributed by atoms with van der Waals surface area (Å²) < 4.78 is 23.9. The van der Waals surface area contributed by atoms with Crippen LogP contribution >= 0.6 is 0 Å². The van der Waals surface area contributed by atoms with Crippen LogP contribution in [-0.2, 0) is 10.0 Å². The third-order valence-corrected chi connectivity index (χ3v) is 3.54. The largest absolute Gasteiger partial charge is 0.478 e. The zero-order valence-electron chi connectivity index (χ0n) is 10.7. The van der Waals surface area contributed by atoms with E-state index in [0.29, 0.717) is 11.6 Å². The van der Waals surface area contributed by atoms with Gasteiger partial charge in [0.2, 0.25) is 10.0 Å². The fourth-order valence-electron chi connectivity index (χ4n) is 1.80. The predicted octanol–water partition coefficient (Wildman–Crippen LogP) is 0.230. The summed E-state index contributed by atoms with van der Waals surface area (Å²) in [5.41, 5.74) is 0.00697. The molecule has 0 saturated heterocycles. The van der Waals surface area contributed by atoms with Gasteiger partial charge in [-0.3, -0.25) is 0 Å². The van der Waals surface area contributed by atoms with E-state index in [-0.39, 0.29) is 16.1 Å². The molecule has 20 heavy (non-hydrogen) atoms. The molecular weight excluding hydrogens is 284 g/mol. The number of hydrogen-bond donors (Lipinski definition) is 2. The molecule has 1 aromatic heterocycles. The molecular formula is C11H12N4O4S. The molecule has 1 heterocycles. The van der Waals surface area contributed by atoms with E-state index < -0.39 is 16.0 Å². The lowest BCUT2D eigenvalue weighted by atomic mass is 10.2. The third-order valence-electron chi connectivity index (χ3n) is 2.63. The third kappa shape index (κ3) is 2.53. The van der Waals surface area contributed by atoms with Crippen molar-refractivity contribution in [1.82, 2.24) is 14.8 Å². The maximum Gasteiger partial charge on any atom is 0.337 e. The maximum absolute atomic E-state index is 11.3. The highest BCUT2D eigenvalue weighted by Crippen LogP contribution is 2.20. The van der Waals surface area contributed by atoms with Crippen LogP contribution in [0, 0.1) is 13.8 Å². The van der Waals surface area contributed by atoms with Crippen LogP contribution in [0.4, 0.5) is 0 Å². The number of aryl methyl sites for hydroxylation is 2. The Morgan fingerprint density at radius 3 is 2.45 bits per heavy atom. The van der Waals surface area contributed by atoms with Crippen molar-refractivity contribution in [2.24, 2.45) is 5.14 Å². The van der Waals surface area contributed by atoms with Gasteiger partial charge in [-0.15, -0.1) is 0 Å². The zero-order chi connectivity index (χ0) is 15.1. The molecule has 0 bridgehead atoms. The van der Waals surface area contributed by atoms with Crippen molar-refractivity contribution >= 4 is 16.0 Å². The first-order chi connectivity index (χ1) is 9.20. The Hall–Kier alpha value is -2.26. The first-order valence-corrected chi connectivity index (χ1v) is 7.05. The summed E-state index contributed by atoms with van der Waals surface area (Å²) in [6, 6.07) is 3.57. The van der Waals surface area contributed by atoms with Crippen molar-refractivity contribution in [3.8, 4) is 5.69 Å². The molecule has 0 radical (unpaired) electrons. The van der Waals surface area contributed by atoms with Crippen LogP contribution in [0.15, 0.2) is 23.1 Å². The van der Waals surface area contributed by atoms with E-state index in [4.69, 9.17) is 5.14 Å². The Morgan fingerprint density at radius 1 is 1.35 bits per heavy atom. The molecule has 0 aliphatic heterocycles. The number of benzene rings is 1. The van der Waals surface area contributed by atoms with Gasteiger partial charge in [-0.1, -0.05) is 0 Å². The lowest BCUT2D eigenvalue weighted by Crippen LogP contribution is -2.15. The Labute approximate surface area is 114 Å². The lowest BCUT2D eigenvalue weighted by Gasteiger charge is -2.08. The van der Waals surface area contributed by atoms with E-state index in [9.17, 15) is 18.3 Å². The van der Waals surface area contributed by atoms with Crippen molar-refractivity contribution in [3.63, 3.8) is 0 Å². The van der Waals surface area contributed by atoms with E-state index in [1.807, 2.05) is 0 Å². The predicted molar refractivity (Wildman–Crippen MR) is 69.2 cm³/mol. The Balaban J connectivity index is 2.72. The van der Waals surface area contributed by atoms with Gasteiger partial charge in [0.25, 0.3) is 0 Å².